The highest BCUT2D eigenvalue weighted by atomic mass is 35.5. The Morgan fingerprint density at radius 2 is 2.23 bits per heavy atom. The van der Waals surface area contributed by atoms with Gasteiger partial charge in [0.2, 0.25) is 0 Å². The molecule has 0 N–H and O–H groups in total. The number of carbonyl (C=O) groups excluding carboxylic acids is 1. The fourth-order valence-electron chi connectivity index (χ4n) is 1.36. The summed E-state index contributed by atoms with van der Waals surface area (Å²) < 4.78 is 0. The first-order chi connectivity index (χ1) is 6.09. The largest absolute Gasteiger partial charge is 0.336 e. The Morgan fingerprint density at radius 1 is 1.54 bits per heavy atom. The molecule has 0 aliphatic carbocycles. The normalized spacial score (nSPS) is 15.0. The van der Waals surface area contributed by atoms with Gasteiger partial charge in [-0.15, -0.1) is 0 Å². The van der Waals surface area contributed by atoms with Crippen LogP contribution >= 0.6 is 23.2 Å². The second-order valence-electron chi connectivity index (χ2n) is 2.91. The maximum Gasteiger partial charge on any atom is 0.257 e. The highest BCUT2D eigenvalue weighted by Gasteiger charge is 2.28. The van der Waals surface area contributed by atoms with Crippen molar-refractivity contribution in [3.05, 3.63) is 27.5 Å². The molecule has 1 aromatic rings. The zero-order valence-electron chi connectivity index (χ0n) is 6.84. The van der Waals surface area contributed by atoms with Gasteiger partial charge in [-0.2, -0.15) is 0 Å². The highest BCUT2D eigenvalue weighted by Crippen LogP contribution is 2.28. The lowest BCUT2D eigenvalue weighted by Crippen LogP contribution is -2.17. The van der Waals surface area contributed by atoms with Crippen molar-refractivity contribution < 1.29 is 4.79 Å². The molecule has 0 bridgehead atoms. The first kappa shape index (κ1) is 8.78. The molecule has 68 valence electrons. The van der Waals surface area contributed by atoms with Crippen LogP contribution in [0.1, 0.15) is 16.1 Å². The average Bonchev–Trinajstić information content (AvgIpc) is 2.27. The van der Waals surface area contributed by atoms with Gasteiger partial charge in [-0.25, -0.2) is 4.98 Å². The lowest BCUT2D eigenvalue weighted by molar-refractivity contribution is 0.0816. The van der Waals surface area contributed by atoms with Crippen molar-refractivity contribution in [3.63, 3.8) is 0 Å². The summed E-state index contributed by atoms with van der Waals surface area (Å²) in [6.45, 7) is 0.481. The fourth-order valence-corrected chi connectivity index (χ4v) is 1.92. The standard InChI is InChI=1S/C8H6Cl2N2O/c1-12-3-5-7(8(12)13)4(9)2-6(10)11-5/h2H,3H2,1H3. The summed E-state index contributed by atoms with van der Waals surface area (Å²) in [7, 11) is 1.70. The van der Waals surface area contributed by atoms with E-state index in [1.165, 1.54) is 6.07 Å². The summed E-state index contributed by atoms with van der Waals surface area (Å²) in [5, 5.41) is 0.705. The van der Waals surface area contributed by atoms with Gasteiger partial charge in [0.1, 0.15) is 5.15 Å². The quantitative estimate of drug-likeness (QED) is 0.622. The minimum absolute atomic E-state index is 0.0934. The third kappa shape index (κ3) is 1.28. The molecule has 0 radical (unpaired) electrons. The molecule has 13 heavy (non-hydrogen) atoms. The summed E-state index contributed by atoms with van der Waals surface area (Å²) >= 11 is 11.6. The molecule has 0 atom stereocenters. The Bertz CT molecular complexity index is 392. The number of halogens is 2. The number of rotatable bonds is 0. The van der Waals surface area contributed by atoms with Crippen LogP contribution in [0.25, 0.3) is 0 Å². The lowest BCUT2D eigenvalue weighted by atomic mass is 10.2. The molecule has 0 fully saturated rings. The van der Waals surface area contributed by atoms with Gasteiger partial charge in [0.25, 0.3) is 5.91 Å². The smallest absolute Gasteiger partial charge is 0.257 e. The van der Waals surface area contributed by atoms with E-state index in [0.717, 1.165) is 0 Å². The zero-order valence-corrected chi connectivity index (χ0v) is 8.35. The summed E-state index contributed by atoms with van der Waals surface area (Å²) in [5.41, 5.74) is 1.14. The predicted octanol–water partition coefficient (Wildman–Crippen LogP) is 1.97. The van der Waals surface area contributed by atoms with Gasteiger partial charge in [-0.3, -0.25) is 4.79 Å². The highest BCUT2D eigenvalue weighted by molar-refractivity contribution is 6.36. The van der Waals surface area contributed by atoms with E-state index in [-0.39, 0.29) is 5.91 Å². The summed E-state index contributed by atoms with van der Waals surface area (Å²) in [6, 6.07) is 1.49. The first-order valence-corrected chi connectivity index (χ1v) is 4.45. The predicted molar refractivity (Wildman–Crippen MR) is 50.1 cm³/mol. The molecule has 0 unspecified atom stereocenters. The van der Waals surface area contributed by atoms with Gasteiger partial charge in [0, 0.05) is 7.05 Å². The van der Waals surface area contributed by atoms with E-state index in [1.54, 1.807) is 11.9 Å². The Kier molecular flexibility index (Phi) is 1.93. The fraction of sp³-hybridized carbons (Fsp3) is 0.250. The Hall–Kier alpha value is -0.800. The van der Waals surface area contributed by atoms with E-state index in [0.29, 0.717) is 28.0 Å². The molecule has 1 aromatic heterocycles. The van der Waals surface area contributed by atoms with E-state index in [4.69, 9.17) is 23.2 Å². The maximum atomic E-state index is 11.5. The topological polar surface area (TPSA) is 33.2 Å². The van der Waals surface area contributed by atoms with Gasteiger partial charge in [0.05, 0.1) is 22.8 Å². The maximum absolute atomic E-state index is 11.5. The van der Waals surface area contributed by atoms with Crippen molar-refractivity contribution in [2.75, 3.05) is 7.05 Å². The molecule has 1 aliphatic heterocycles. The molecule has 5 heteroatoms. The minimum Gasteiger partial charge on any atom is -0.336 e. The average molecular weight is 217 g/mol. The molecule has 1 amide bonds. The van der Waals surface area contributed by atoms with Crippen molar-refractivity contribution in [2.45, 2.75) is 6.54 Å². The van der Waals surface area contributed by atoms with Crippen molar-refractivity contribution in [1.82, 2.24) is 9.88 Å². The van der Waals surface area contributed by atoms with Crippen LogP contribution in [-0.2, 0) is 6.54 Å². The van der Waals surface area contributed by atoms with E-state index in [9.17, 15) is 4.79 Å². The Balaban J connectivity index is 2.64. The second kappa shape index (κ2) is 2.86. The van der Waals surface area contributed by atoms with Gasteiger partial charge in [-0.1, -0.05) is 23.2 Å². The zero-order chi connectivity index (χ0) is 9.59. The van der Waals surface area contributed by atoms with Crippen LogP contribution in [0.2, 0.25) is 10.2 Å². The van der Waals surface area contributed by atoms with E-state index in [1.807, 2.05) is 0 Å². The number of amides is 1. The number of nitrogens with zero attached hydrogens (tertiary/aromatic N) is 2. The molecule has 2 rings (SSSR count). The molecular weight excluding hydrogens is 211 g/mol. The van der Waals surface area contributed by atoms with Crippen LogP contribution in [0.3, 0.4) is 0 Å². The molecule has 3 nitrogen and oxygen atoms in total. The van der Waals surface area contributed by atoms with Gasteiger partial charge in [0.15, 0.2) is 0 Å². The van der Waals surface area contributed by atoms with Crippen LogP contribution in [-0.4, -0.2) is 22.8 Å². The molecule has 0 aromatic carbocycles. The molecule has 0 spiro atoms. The molecule has 1 aliphatic rings. The summed E-state index contributed by atoms with van der Waals surface area (Å²) in [6.07, 6.45) is 0. The van der Waals surface area contributed by atoms with Crippen LogP contribution in [0, 0.1) is 0 Å². The Labute approximate surface area is 85.3 Å². The number of hydrogen-bond donors (Lipinski definition) is 0. The SMILES string of the molecule is CN1Cc2nc(Cl)cc(Cl)c2C1=O. The second-order valence-corrected chi connectivity index (χ2v) is 3.70. The van der Waals surface area contributed by atoms with Crippen LogP contribution < -0.4 is 0 Å². The number of hydrogen-bond acceptors (Lipinski definition) is 2. The number of fused-ring (bicyclic) bond motifs is 1. The lowest BCUT2D eigenvalue weighted by Gasteiger charge is -2.04. The number of carbonyl (C=O) groups is 1. The molecule has 0 saturated heterocycles. The van der Waals surface area contributed by atoms with E-state index < -0.39 is 0 Å². The minimum atomic E-state index is -0.0934. The van der Waals surface area contributed by atoms with Gasteiger partial charge in [-0.05, 0) is 6.07 Å². The summed E-state index contributed by atoms with van der Waals surface area (Å²) in [5.74, 6) is -0.0934. The Morgan fingerprint density at radius 3 is 2.92 bits per heavy atom. The van der Waals surface area contributed by atoms with Crippen LogP contribution in [0.15, 0.2) is 6.07 Å². The van der Waals surface area contributed by atoms with Crippen molar-refractivity contribution >= 4 is 29.1 Å². The monoisotopic (exact) mass is 216 g/mol. The van der Waals surface area contributed by atoms with Crippen LogP contribution in [0.5, 0.6) is 0 Å². The van der Waals surface area contributed by atoms with Crippen molar-refractivity contribution in [2.24, 2.45) is 0 Å². The molecular formula is C8H6Cl2N2O. The first-order valence-electron chi connectivity index (χ1n) is 3.70. The van der Waals surface area contributed by atoms with Crippen LogP contribution in [0.4, 0.5) is 0 Å². The van der Waals surface area contributed by atoms with Crippen molar-refractivity contribution in [3.8, 4) is 0 Å². The third-order valence-electron chi connectivity index (χ3n) is 1.96. The van der Waals surface area contributed by atoms with Crippen molar-refractivity contribution in [1.29, 1.82) is 0 Å². The molecule has 0 saturated carbocycles. The van der Waals surface area contributed by atoms with E-state index >= 15 is 0 Å². The third-order valence-corrected chi connectivity index (χ3v) is 2.45. The molecule has 2 heterocycles. The number of aromatic nitrogens is 1. The van der Waals surface area contributed by atoms with Gasteiger partial charge >= 0.3 is 0 Å². The number of pyridine rings is 1. The summed E-state index contributed by atoms with van der Waals surface area (Å²) in [4.78, 5) is 17.1. The van der Waals surface area contributed by atoms with Gasteiger partial charge < -0.3 is 4.90 Å². The van der Waals surface area contributed by atoms with E-state index in [2.05, 4.69) is 4.98 Å².